The van der Waals surface area contributed by atoms with Gasteiger partial charge in [0.25, 0.3) is 0 Å². The molecule has 0 bridgehead atoms. The van der Waals surface area contributed by atoms with Crippen LogP contribution in [0.25, 0.3) is 0 Å². The summed E-state index contributed by atoms with van der Waals surface area (Å²) in [5, 5.41) is 0. The summed E-state index contributed by atoms with van der Waals surface area (Å²) in [6.45, 7) is 9.72. The monoisotopic (exact) mass is 240 g/mol. The standard InChI is InChI=1S/C13H24N2O2/c1-5-6-7-11(16)14-8-9-15(12(17)10-14)13(2,3)4/h5-10H2,1-4H3. The highest BCUT2D eigenvalue weighted by molar-refractivity contribution is 5.86. The predicted octanol–water partition coefficient (Wildman–Crippen LogP) is 1.65. The SMILES string of the molecule is CCCCC(=O)N1CCN(C(C)(C)C)C(=O)C1. The molecule has 0 saturated carbocycles. The summed E-state index contributed by atoms with van der Waals surface area (Å²) in [6, 6.07) is 0. The Morgan fingerprint density at radius 3 is 2.41 bits per heavy atom. The summed E-state index contributed by atoms with van der Waals surface area (Å²) < 4.78 is 0. The molecule has 1 heterocycles. The van der Waals surface area contributed by atoms with Crippen molar-refractivity contribution in [1.82, 2.24) is 9.80 Å². The van der Waals surface area contributed by atoms with E-state index in [4.69, 9.17) is 0 Å². The number of amides is 2. The van der Waals surface area contributed by atoms with Crippen LogP contribution < -0.4 is 0 Å². The number of carbonyl (C=O) groups excluding carboxylic acids is 2. The molecule has 4 heteroatoms. The van der Waals surface area contributed by atoms with Crippen LogP contribution in [0.4, 0.5) is 0 Å². The Morgan fingerprint density at radius 1 is 1.29 bits per heavy atom. The highest BCUT2D eigenvalue weighted by Gasteiger charge is 2.32. The van der Waals surface area contributed by atoms with Gasteiger partial charge < -0.3 is 9.80 Å². The molecule has 1 aliphatic rings. The van der Waals surface area contributed by atoms with E-state index in [1.807, 2.05) is 25.7 Å². The minimum Gasteiger partial charge on any atom is -0.335 e. The number of carbonyl (C=O) groups is 2. The van der Waals surface area contributed by atoms with Crippen LogP contribution in [-0.2, 0) is 9.59 Å². The summed E-state index contributed by atoms with van der Waals surface area (Å²) in [5.41, 5.74) is -0.143. The lowest BCUT2D eigenvalue weighted by atomic mass is 10.0. The van der Waals surface area contributed by atoms with Crippen LogP contribution in [0, 0.1) is 0 Å². The van der Waals surface area contributed by atoms with Crippen LogP contribution in [0.15, 0.2) is 0 Å². The first-order chi connectivity index (χ1) is 7.86. The van der Waals surface area contributed by atoms with Gasteiger partial charge in [0.1, 0.15) is 0 Å². The Kier molecular flexibility index (Phi) is 4.54. The fourth-order valence-corrected chi connectivity index (χ4v) is 2.08. The fraction of sp³-hybridized carbons (Fsp3) is 0.846. The second-order valence-electron chi connectivity index (χ2n) is 5.64. The van der Waals surface area contributed by atoms with E-state index in [0.717, 1.165) is 12.8 Å². The van der Waals surface area contributed by atoms with Crippen LogP contribution in [0.2, 0.25) is 0 Å². The molecular weight excluding hydrogens is 216 g/mol. The first-order valence-corrected chi connectivity index (χ1v) is 6.44. The Hall–Kier alpha value is -1.06. The average molecular weight is 240 g/mol. The molecule has 1 aliphatic heterocycles. The molecule has 0 aromatic rings. The summed E-state index contributed by atoms with van der Waals surface area (Å²) >= 11 is 0. The van der Waals surface area contributed by atoms with Crippen molar-refractivity contribution in [2.75, 3.05) is 19.6 Å². The van der Waals surface area contributed by atoms with Crippen LogP contribution in [0.1, 0.15) is 47.0 Å². The molecule has 4 nitrogen and oxygen atoms in total. The highest BCUT2D eigenvalue weighted by atomic mass is 16.2. The molecular formula is C13H24N2O2. The average Bonchev–Trinajstić information content (AvgIpc) is 2.23. The normalized spacial score (nSPS) is 17.5. The fourth-order valence-electron chi connectivity index (χ4n) is 2.08. The van der Waals surface area contributed by atoms with E-state index in [1.165, 1.54) is 0 Å². The Balaban J connectivity index is 2.52. The lowest BCUT2D eigenvalue weighted by Crippen LogP contribution is -2.57. The van der Waals surface area contributed by atoms with E-state index in [1.54, 1.807) is 4.90 Å². The van der Waals surface area contributed by atoms with Gasteiger partial charge in [-0.2, -0.15) is 0 Å². The maximum Gasteiger partial charge on any atom is 0.242 e. The number of nitrogens with zero attached hydrogens (tertiary/aromatic N) is 2. The summed E-state index contributed by atoms with van der Waals surface area (Å²) in [7, 11) is 0. The van der Waals surface area contributed by atoms with Crippen LogP contribution in [0.3, 0.4) is 0 Å². The lowest BCUT2D eigenvalue weighted by Gasteiger charge is -2.42. The number of unbranched alkanes of at least 4 members (excludes halogenated alkanes) is 1. The van der Waals surface area contributed by atoms with Gasteiger partial charge in [0.15, 0.2) is 0 Å². The van der Waals surface area contributed by atoms with Crippen molar-refractivity contribution in [1.29, 1.82) is 0 Å². The smallest absolute Gasteiger partial charge is 0.242 e. The van der Waals surface area contributed by atoms with Gasteiger partial charge in [0, 0.05) is 25.0 Å². The van der Waals surface area contributed by atoms with Crippen LogP contribution in [0.5, 0.6) is 0 Å². The van der Waals surface area contributed by atoms with E-state index < -0.39 is 0 Å². The third kappa shape index (κ3) is 3.72. The van der Waals surface area contributed by atoms with Gasteiger partial charge in [-0.15, -0.1) is 0 Å². The Labute approximate surface area is 104 Å². The van der Waals surface area contributed by atoms with Gasteiger partial charge in [0.05, 0.1) is 6.54 Å². The third-order valence-electron chi connectivity index (χ3n) is 3.13. The molecule has 0 N–H and O–H groups in total. The summed E-state index contributed by atoms with van der Waals surface area (Å²) in [5.74, 6) is 0.183. The number of hydrogen-bond donors (Lipinski definition) is 0. The summed E-state index contributed by atoms with van der Waals surface area (Å²) in [4.78, 5) is 27.3. The zero-order chi connectivity index (χ0) is 13.1. The second kappa shape index (κ2) is 5.52. The van der Waals surface area contributed by atoms with Gasteiger partial charge >= 0.3 is 0 Å². The molecule has 17 heavy (non-hydrogen) atoms. The zero-order valence-corrected chi connectivity index (χ0v) is 11.5. The van der Waals surface area contributed by atoms with Crippen LogP contribution in [-0.4, -0.2) is 46.8 Å². The highest BCUT2D eigenvalue weighted by Crippen LogP contribution is 2.17. The molecule has 0 aliphatic carbocycles. The summed E-state index contributed by atoms with van der Waals surface area (Å²) in [6.07, 6.45) is 2.49. The van der Waals surface area contributed by atoms with E-state index in [2.05, 4.69) is 6.92 Å². The molecule has 0 aromatic carbocycles. The van der Waals surface area contributed by atoms with E-state index in [-0.39, 0.29) is 23.9 Å². The van der Waals surface area contributed by atoms with Gasteiger partial charge in [-0.1, -0.05) is 13.3 Å². The molecule has 2 amide bonds. The molecule has 1 fully saturated rings. The van der Waals surface area contributed by atoms with Crippen LogP contribution >= 0.6 is 0 Å². The lowest BCUT2D eigenvalue weighted by molar-refractivity contribution is -0.149. The largest absolute Gasteiger partial charge is 0.335 e. The Bertz CT molecular complexity index is 294. The zero-order valence-electron chi connectivity index (χ0n) is 11.5. The van der Waals surface area contributed by atoms with Crippen molar-refractivity contribution in [2.24, 2.45) is 0 Å². The van der Waals surface area contributed by atoms with Gasteiger partial charge in [-0.25, -0.2) is 0 Å². The van der Waals surface area contributed by atoms with Crippen molar-refractivity contribution < 1.29 is 9.59 Å². The van der Waals surface area contributed by atoms with Gasteiger partial charge in [-0.05, 0) is 27.2 Å². The molecule has 0 aromatic heterocycles. The minimum atomic E-state index is -0.143. The maximum atomic E-state index is 12.0. The molecule has 0 atom stereocenters. The molecule has 1 rings (SSSR count). The minimum absolute atomic E-state index is 0.0635. The molecule has 0 spiro atoms. The van der Waals surface area contributed by atoms with Crippen molar-refractivity contribution in [3.8, 4) is 0 Å². The predicted molar refractivity (Wildman–Crippen MR) is 67.6 cm³/mol. The Morgan fingerprint density at radius 2 is 1.94 bits per heavy atom. The molecule has 0 radical (unpaired) electrons. The van der Waals surface area contributed by atoms with E-state index >= 15 is 0 Å². The second-order valence-corrected chi connectivity index (χ2v) is 5.64. The maximum absolute atomic E-state index is 12.0. The van der Waals surface area contributed by atoms with Crippen molar-refractivity contribution in [3.63, 3.8) is 0 Å². The molecule has 98 valence electrons. The molecule has 1 saturated heterocycles. The number of hydrogen-bond acceptors (Lipinski definition) is 2. The molecule has 0 unspecified atom stereocenters. The quantitative estimate of drug-likeness (QED) is 0.752. The third-order valence-corrected chi connectivity index (χ3v) is 3.13. The van der Waals surface area contributed by atoms with E-state index in [9.17, 15) is 9.59 Å². The first-order valence-electron chi connectivity index (χ1n) is 6.44. The number of piperazine rings is 1. The van der Waals surface area contributed by atoms with Gasteiger partial charge in [-0.3, -0.25) is 9.59 Å². The van der Waals surface area contributed by atoms with Crippen molar-refractivity contribution >= 4 is 11.8 Å². The topological polar surface area (TPSA) is 40.6 Å². The van der Waals surface area contributed by atoms with Gasteiger partial charge in [0.2, 0.25) is 11.8 Å². The number of rotatable bonds is 3. The van der Waals surface area contributed by atoms with Crippen molar-refractivity contribution in [3.05, 3.63) is 0 Å². The van der Waals surface area contributed by atoms with E-state index in [0.29, 0.717) is 19.5 Å². The first kappa shape index (κ1) is 14.0. The van der Waals surface area contributed by atoms with Crippen molar-refractivity contribution in [2.45, 2.75) is 52.5 Å².